The smallest absolute Gasteiger partial charge is 0.224 e. The molecule has 0 saturated carbocycles. The second-order valence-electron chi connectivity index (χ2n) is 5.12. The third-order valence-electron chi connectivity index (χ3n) is 3.30. The maximum atomic E-state index is 11.8. The van der Waals surface area contributed by atoms with Gasteiger partial charge in [0.1, 0.15) is 5.69 Å². The van der Waals surface area contributed by atoms with Gasteiger partial charge in [0.15, 0.2) is 5.76 Å². The van der Waals surface area contributed by atoms with Crippen molar-refractivity contribution in [1.29, 1.82) is 0 Å². The number of carbonyl (C=O) groups excluding carboxylic acids is 1. The zero-order valence-corrected chi connectivity index (χ0v) is 13.6. The van der Waals surface area contributed by atoms with E-state index in [2.05, 4.69) is 22.2 Å². The van der Waals surface area contributed by atoms with E-state index in [1.165, 1.54) is 11.3 Å². The zero-order chi connectivity index (χ0) is 16.1. The molecule has 0 unspecified atom stereocenters. The second kappa shape index (κ2) is 7.19. The Kier molecular flexibility index (Phi) is 4.83. The minimum atomic E-state index is 0.0478. The summed E-state index contributed by atoms with van der Waals surface area (Å²) in [7, 11) is 0. The van der Waals surface area contributed by atoms with Gasteiger partial charge in [0.05, 0.1) is 34.9 Å². The Hall–Kier alpha value is -2.47. The molecule has 1 amide bonds. The molecule has 3 aromatic heterocycles. The number of rotatable bonds is 6. The van der Waals surface area contributed by atoms with Crippen LogP contribution in [0, 0.1) is 0 Å². The van der Waals surface area contributed by atoms with E-state index < -0.39 is 0 Å². The van der Waals surface area contributed by atoms with E-state index in [1.807, 2.05) is 23.6 Å². The molecule has 23 heavy (non-hydrogen) atoms. The van der Waals surface area contributed by atoms with E-state index in [0.717, 1.165) is 29.1 Å². The number of nitrogens with zero attached hydrogens (tertiary/aromatic N) is 2. The van der Waals surface area contributed by atoms with Crippen LogP contribution < -0.4 is 5.32 Å². The molecular weight excluding hydrogens is 310 g/mol. The van der Waals surface area contributed by atoms with E-state index in [1.54, 1.807) is 18.7 Å². The maximum Gasteiger partial charge on any atom is 0.224 e. The minimum absolute atomic E-state index is 0.0478. The number of hydrogen-bond donors (Lipinski definition) is 1. The molecule has 0 saturated heterocycles. The van der Waals surface area contributed by atoms with Crippen molar-refractivity contribution in [2.75, 3.05) is 5.32 Å². The van der Waals surface area contributed by atoms with Crippen LogP contribution in [0.15, 0.2) is 46.7 Å². The highest BCUT2D eigenvalue weighted by atomic mass is 32.1. The first-order valence-electron chi connectivity index (χ1n) is 7.51. The van der Waals surface area contributed by atoms with Crippen LogP contribution in [0.2, 0.25) is 0 Å². The molecule has 0 radical (unpaired) electrons. The van der Waals surface area contributed by atoms with Gasteiger partial charge in [-0.15, -0.1) is 11.3 Å². The highest BCUT2D eigenvalue weighted by molar-refractivity contribution is 7.14. The molecule has 6 heteroatoms. The van der Waals surface area contributed by atoms with Crippen molar-refractivity contribution in [2.24, 2.45) is 0 Å². The van der Waals surface area contributed by atoms with Gasteiger partial charge in [0.2, 0.25) is 5.91 Å². The fourth-order valence-corrected chi connectivity index (χ4v) is 2.92. The highest BCUT2D eigenvalue weighted by Crippen LogP contribution is 2.29. The summed E-state index contributed by atoms with van der Waals surface area (Å²) in [5, 5.41) is 4.83. The first-order valence-corrected chi connectivity index (χ1v) is 8.39. The van der Waals surface area contributed by atoms with E-state index in [4.69, 9.17) is 4.42 Å². The number of aromatic nitrogens is 2. The molecule has 0 aliphatic heterocycles. The summed E-state index contributed by atoms with van der Waals surface area (Å²) in [6.45, 7) is 2.07. The van der Waals surface area contributed by atoms with E-state index in [0.29, 0.717) is 17.9 Å². The fraction of sp³-hybridized carbons (Fsp3) is 0.235. The summed E-state index contributed by atoms with van der Waals surface area (Å²) >= 11 is 1.53. The van der Waals surface area contributed by atoms with Crippen molar-refractivity contribution in [3.05, 3.63) is 42.2 Å². The SMILES string of the molecule is CCCCC(=O)Nc1csc(-c2cncc(-c3ccco3)n2)c1. The number of furan rings is 1. The second-order valence-corrected chi connectivity index (χ2v) is 6.03. The van der Waals surface area contributed by atoms with Crippen LogP contribution in [0.25, 0.3) is 22.0 Å². The maximum absolute atomic E-state index is 11.8. The van der Waals surface area contributed by atoms with Gasteiger partial charge < -0.3 is 9.73 Å². The summed E-state index contributed by atoms with van der Waals surface area (Å²) in [6.07, 6.45) is 7.45. The Morgan fingerprint density at radius 2 is 2.22 bits per heavy atom. The zero-order valence-electron chi connectivity index (χ0n) is 12.8. The summed E-state index contributed by atoms with van der Waals surface area (Å²) in [5.74, 6) is 0.732. The van der Waals surface area contributed by atoms with Crippen molar-refractivity contribution in [2.45, 2.75) is 26.2 Å². The molecule has 0 bridgehead atoms. The Morgan fingerprint density at radius 3 is 3.00 bits per heavy atom. The van der Waals surface area contributed by atoms with Crippen molar-refractivity contribution >= 4 is 22.9 Å². The van der Waals surface area contributed by atoms with Crippen molar-refractivity contribution in [3.8, 4) is 22.0 Å². The highest BCUT2D eigenvalue weighted by Gasteiger charge is 2.10. The number of unbranched alkanes of at least 4 members (excludes halogenated alkanes) is 1. The molecule has 118 valence electrons. The minimum Gasteiger partial charge on any atom is -0.463 e. The molecule has 3 rings (SSSR count). The van der Waals surface area contributed by atoms with Crippen LogP contribution in [0.1, 0.15) is 26.2 Å². The molecule has 0 aromatic carbocycles. The van der Waals surface area contributed by atoms with E-state index in [-0.39, 0.29) is 5.91 Å². The van der Waals surface area contributed by atoms with Gasteiger partial charge in [0, 0.05) is 11.8 Å². The number of nitrogens with one attached hydrogen (secondary N) is 1. The van der Waals surface area contributed by atoms with Gasteiger partial charge in [-0.05, 0) is 24.6 Å². The molecule has 1 N–H and O–H groups in total. The molecule has 3 heterocycles. The van der Waals surface area contributed by atoms with Gasteiger partial charge in [-0.3, -0.25) is 9.78 Å². The number of anilines is 1. The Morgan fingerprint density at radius 1 is 1.35 bits per heavy atom. The molecule has 0 spiro atoms. The van der Waals surface area contributed by atoms with Gasteiger partial charge in [-0.25, -0.2) is 4.98 Å². The summed E-state index contributed by atoms with van der Waals surface area (Å²) in [5.41, 5.74) is 2.25. The molecule has 0 aliphatic rings. The summed E-state index contributed by atoms with van der Waals surface area (Å²) in [4.78, 5) is 21.5. The van der Waals surface area contributed by atoms with Crippen molar-refractivity contribution < 1.29 is 9.21 Å². The van der Waals surface area contributed by atoms with Crippen LogP contribution in [0.3, 0.4) is 0 Å². The standard InChI is InChI=1S/C17H17N3O2S/c1-2-3-6-17(21)19-12-8-16(23-11-12)14-10-18-9-13(20-14)15-5-4-7-22-15/h4-5,7-11H,2-3,6H2,1H3,(H,19,21). The monoisotopic (exact) mass is 327 g/mol. The normalized spacial score (nSPS) is 10.7. The fourth-order valence-electron chi connectivity index (χ4n) is 2.12. The molecule has 0 fully saturated rings. The Labute approximate surface area is 138 Å². The molecule has 3 aromatic rings. The average Bonchev–Trinajstić information content (AvgIpc) is 3.25. The Balaban J connectivity index is 1.75. The first-order chi connectivity index (χ1) is 11.3. The van der Waals surface area contributed by atoms with Crippen LogP contribution in [0.5, 0.6) is 0 Å². The van der Waals surface area contributed by atoms with Crippen molar-refractivity contribution in [1.82, 2.24) is 9.97 Å². The van der Waals surface area contributed by atoms with Crippen LogP contribution >= 0.6 is 11.3 Å². The number of amides is 1. The van der Waals surface area contributed by atoms with Gasteiger partial charge in [-0.2, -0.15) is 0 Å². The lowest BCUT2D eigenvalue weighted by atomic mass is 10.2. The summed E-state index contributed by atoms with van der Waals surface area (Å²) < 4.78 is 5.35. The topological polar surface area (TPSA) is 68.0 Å². The molecule has 5 nitrogen and oxygen atoms in total. The number of carbonyl (C=O) groups is 1. The van der Waals surface area contributed by atoms with Gasteiger partial charge in [0.25, 0.3) is 0 Å². The van der Waals surface area contributed by atoms with Crippen LogP contribution in [-0.2, 0) is 4.79 Å². The Bertz CT molecular complexity index is 781. The predicted octanol–water partition coefficient (Wildman–Crippen LogP) is 4.59. The van der Waals surface area contributed by atoms with Crippen molar-refractivity contribution in [3.63, 3.8) is 0 Å². The van der Waals surface area contributed by atoms with Gasteiger partial charge >= 0.3 is 0 Å². The quantitative estimate of drug-likeness (QED) is 0.719. The van der Waals surface area contributed by atoms with Crippen LogP contribution in [-0.4, -0.2) is 15.9 Å². The summed E-state index contributed by atoms with van der Waals surface area (Å²) in [6, 6.07) is 5.59. The molecule has 0 atom stereocenters. The van der Waals surface area contributed by atoms with Gasteiger partial charge in [-0.1, -0.05) is 13.3 Å². The third-order valence-corrected chi connectivity index (χ3v) is 4.25. The first kappa shape index (κ1) is 15.4. The number of thiophene rings is 1. The lowest BCUT2D eigenvalue weighted by Gasteiger charge is -2.01. The largest absolute Gasteiger partial charge is 0.463 e. The van der Waals surface area contributed by atoms with Crippen LogP contribution in [0.4, 0.5) is 5.69 Å². The average molecular weight is 327 g/mol. The van der Waals surface area contributed by atoms with E-state index >= 15 is 0 Å². The predicted molar refractivity (Wildman–Crippen MR) is 91.2 cm³/mol. The molecular formula is C17H17N3O2S. The lowest BCUT2D eigenvalue weighted by Crippen LogP contribution is -2.09. The van der Waals surface area contributed by atoms with E-state index in [9.17, 15) is 4.79 Å². The lowest BCUT2D eigenvalue weighted by molar-refractivity contribution is -0.116. The third kappa shape index (κ3) is 3.84. The molecule has 0 aliphatic carbocycles. The number of hydrogen-bond acceptors (Lipinski definition) is 5.